The van der Waals surface area contributed by atoms with Gasteiger partial charge in [-0.05, 0) is 48.0 Å². The molecule has 7 nitrogen and oxygen atoms in total. The minimum atomic E-state index is -0.411. The van der Waals surface area contributed by atoms with E-state index in [0.717, 1.165) is 22.3 Å². The highest BCUT2D eigenvalue weighted by Crippen LogP contribution is 2.50. The van der Waals surface area contributed by atoms with Crippen molar-refractivity contribution in [1.29, 1.82) is 0 Å². The third-order valence-corrected chi connectivity index (χ3v) is 8.57. The number of para-hydroxylation sites is 1. The molecule has 2 amide bonds. The van der Waals surface area contributed by atoms with Gasteiger partial charge in [-0.3, -0.25) is 14.5 Å². The number of hydrogen-bond donors (Lipinski definition) is 1. The van der Waals surface area contributed by atoms with Gasteiger partial charge in [0.05, 0.1) is 29.5 Å². The van der Waals surface area contributed by atoms with Gasteiger partial charge in [0, 0.05) is 23.2 Å². The molecule has 5 aromatic rings. The first kappa shape index (κ1) is 29.1. The smallest absolute Gasteiger partial charge is 0.240 e. The molecule has 1 aliphatic rings. The number of anilines is 1. The lowest BCUT2D eigenvalue weighted by molar-refractivity contribution is -0.123. The number of thioether (sulfide) groups is 1. The molecule has 222 valence electrons. The molecule has 2 heterocycles. The number of hydrogen-bond acceptors (Lipinski definition) is 5. The number of aromatic nitrogens is 2. The second-order valence-corrected chi connectivity index (χ2v) is 11.2. The zero-order valence-electron chi connectivity index (χ0n) is 23.7. The summed E-state index contributed by atoms with van der Waals surface area (Å²) in [5, 5.41) is 7.46. The summed E-state index contributed by atoms with van der Waals surface area (Å²) in [6.07, 6.45) is 0. The Labute approximate surface area is 257 Å². The highest BCUT2D eigenvalue weighted by Gasteiger charge is 2.38. The molecule has 1 aliphatic heterocycles. The van der Waals surface area contributed by atoms with Gasteiger partial charge in [-0.15, -0.1) is 11.8 Å². The van der Waals surface area contributed by atoms with Crippen LogP contribution in [-0.2, 0) is 16.1 Å². The lowest BCUT2D eigenvalue weighted by atomic mass is 9.99. The van der Waals surface area contributed by atoms with E-state index >= 15 is 0 Å². The van der Waals surface area contributed by atoms with Crippen molar-refractivity contribution < 1.29 is 23.1 Å². The molecule has 1 N–H and O–H groups in total. The van der Waals surface area contributed by atoms with Crippen LogP contribution in [0.1, 0.15) is 21.9 Å². The number of carbonyl (C=O) groups excluding carboxylic acids is 2. The van der Waals surface area contributed by atoms with E-state index in [1.165, 1.54) is 40.9 Å². The van der Waals surface area contributed by atoms with Gasteiger partial charge in [-0.25, -0.2) is 13.5 Å². The average Bonchev–Trinajstić information content (AvgIpc) is 3.38. The summed E-state index contributed by atoms with van der Waals surface area (Å²) < 4.78 is 34.7. The van der Waals surface area contributed by atoms with Crippen molar-refractivity contribution >= 4 is 29.4 Å². The van der Waals surface area contributed by atoms with Gasteiger partial charge in [0.2, 0.25) is 11.8 Å². The lowest BCUT2D eigenvalue weighted by Gasteiger charge is -2.23. The molecule has 0 unspecified atom stereocenters. The molecule has 1 atom stereocenters. The van der Waals surface area contributed by atoms with E-state index in [0.29, 0.717) is 22.9 Å². The number of benzene rings is 4. The van der Waals surface area contributed by atoms with Crippen LogP contribution in [-0.4, -0.2) is 41.0 Å². The largest absolute Gasteiger partial charge is 0.496 e. The van der Waals surface area contributed by atoms with Crippen molar-refractivity contribution in [2.45, 2.75) is 11.8 Å². The highest BCUT2D eigenvalue weighted by molar-refractivity contribution is 8.00. The molecule has 0 spiro atoms. The van der Waals surface area contributed by atoms with Crippen molar-refractivity contribution in [3.63, 3.8) is 0 Å². The molecule has 0 fully saturated rings. The maximum atomic E-state index is 14.0. The van der Waals surface area contributed by atoms with E-state index < -0.39 is 11.7 Å². The fourth-order valence-corrected chi connectivity index (χ4v) is 6.44. The average molecular weight is 611 g/mol. The van der Waals surface area contributed by atoms with Crippen LogP contribution in [0.15, 0.2) is 103 Å². The highest BCUT2D eigenvalue weighted by atomic mass is 32.2. The van der Waals surface area contributed by atoms with Gasteiger partial charge < -0.3 is 10.1 Å². The molecule has 4 aromatic carbocycles. The van der Waals surface area contributed by atoms with Crippen LogP contribution >= 0.6 is 11.8 Å². The third kappa shape index (κ3) is 5.93. The van der Waals surface area contributed by atoms with Gasteiger partial charge in [-0.2, -0.15) is 5.10 Å². The Morgan fingerprint density at radius 2 is 1.59 bits per heavy atom. The number of amides is 2. The fraction of sp³-hybridized carbons (Fsp3) is 0.147. The molecule has 44 heavy (non-hydrogen) atoms. The van der Waals surface area contributed by atoms with Crippen LogP contribution in [0.2, 0.25) is 0 Å². The Kier molecular flexibility index (Phi) is 8.42. The summed E-state index contributed by atoms with van der Waals surface area (Å²) in [5.41, 5.74) is 4.27. The summed E-state index contributed by atoms with van der Waals surface area (Å²) in [6, 6.07) is 28.9. The number of nitrogens with zero attached hydrogens (tertiary/aromatic N) is 3. The third-order valence-electron chi connectivity index (χ3n) is 7.33. The predicted molar refractivity (Wildman–Crippen MR) is 167 cm³/mol. The maximum absolute atomic E-state index is 14.0. The SMILES string of the molecule is COc1ccccc1[C@H]1SCC(=O)N(CC(=O)NCc2ccc(F)cc2)c2c1c(-c1ccccc1)nn2-c1ccc(F)cc1. The monoisotopic (exact) mass is 610 g/mol. The van der Waals surface area contributed by atoms with Gasteiger partial charge >= 0.3 is 0 Å². The number of rotatable bonds is 8. The van der Waals surface area contributed by atoms with Crippen LogP contribution in [0.5, 0.6) is 5.75 Å². The fourth-order valence-electron chi connectivity index (χ4n) is 5.22. The van der Waals surface area contributed by atoms with Crippen LogP contribution in [0.4, 0.5) is 14.6 Å². The van der Waals surface area contributed by atoms with E-state index in [9.17, 15) is 18.4 Å². The van der Waals surface area contributed by atoms with E-state index in [-0.39, 0.29) is 35.8 Å². The van der Waals surface area contributed by atoms with Crippen LogP contribution in [0, 0.1) is 11.6 Å². The molecule has 1 aromatic heterocycles. The first-order chi connectivity index (χ1) is 21.4. The van der Waals surface area contributed by atoms with Crippen LogP contribution < -0.4 is 15.0 Å². The second-order valence-electron chi connectivity index (χ2n) is 10.2. The molecule has 6 rings (SSSR count). The van der Waals surface area contributed by atoms with Gasteiger partial charge in [0.15, 0.2) is 0 Å². The Balaban J connectivity index is 1.51. The van der Waals surface area contributed by atoms with E-state index in [1.54, 1.807) is 36.1 Å². The van der Waals surface area contributed by atoms with Crippen LogP contribution in [0.25, 0.3) is 16.9 Å². The zero-order chi connectivity index (χ0) is 30.6. The molecule has 0 saturated carbocycles. The summed E-state index contributed by atoms with van der Waals surface area (Å²) in [6.45, 7) is -0.119. The second kappa shape index (κ2) is 12.7. The molecule has 0 bridgehead atoms. The maximum Gasteiger partial charge on any atom is 0.240 e. The standard InChI is InChI=1S/C34H28F2N4O3S/c1-43-28-10-6-5-9-27(28)33-31-32(23-7-3-2-4-8-23)38-40(26-17-15-25(36)16-18-26)34(31)39(30(42)21-44-33)20-29(41)37-19-22-11-13-24(35)14-12-22/h2-18,33H,19-21H2,1H3,(H,37,41)/t33-/m1/s1. The molecule has 0 radical (unpaired) electrons. The lowest BCUT2D eigenvalue weighted by Crippen LogP contribution is -2.42. The Bertz CT molecular complexity index is 1790. The van der Waals surface area contributed by atoms with Crippen molar-refractivity contribution in [3.8, 4) is 22.7 Å². The van der Waals surface area contributed by atoms with E-state index in [1.807, 2.05) is 54.6 Å². The minimum absolute atomic E-state index is 0.0836. The van der Waals surface area contributed by atoms with Crippen molar-refractivity contribution in [3.05, 3.63) is 131 Å². The first-order valence-electron chi connectivity index (χ1n) is 13.9. The number of fused-ring (bicyclic) bond motifs is 1. The zero-order valence-corrected chi connectivity index (χ0v) is 24.6. The number of ether oxygens (including phenoxy) is 1. The van der Waals surface area contributed by atoms with Gasteiger partial charge in [0.25, 0.3) is 0 Å². The van der Waals surface area contributed by atoms with Crippen molar-refractivity contribution in [2.24, 2.45) is 0 Å². The predicted octanol–water partition coefficient (Wildman–Crippen LogP) is 6.31. The minimum Gasteiger partial charge on any atom is -0.496 e. The number of nitrogens with one attached hydrogen (secondary N) is 1. The number of carbonyl (C=O) groups is 2. The number of methoxy groups -OCH3 is 1. The van der Waals surface area contributed by atoms with Gasteiger partial charge in [-0.1, -0.05) is 60.7 Å². The summed E-state index contributed by atoms with van der Waals surface area (Å²) in [4.78, 5) is 28.7. The topological polar surface area (TPSA) is 76.5 Å². The molecular weight excluding hydrogens is 582 g/mol. The Morgan fingerprint density at radius 3 is 2.30 bits per heavy atom. The number of halogens is 2. The molecule has 0 saturated heterocycles. The summed E-state index contributed by atoms with van der Waals surface area (Å²) in [7, 11) is 1.60. The van der Waals surface area contributed by atoms with E-state index in [2.05, 4.69) is 5.32 Å². The van der Waals surface area contributed by atoms with Crippen LogP contribution in [0.3, 0.4) is 0 Å². The first-order valence-corrected chi connectivity index (χ1v) is 15.0. The summed E-state index contributed by atoms with van der Waals surface area (Å²) in [5.74, 6) is -0.309. The molecule has 0 aliphatic carbocycles. The van der Waals surface area contributed by atoms with E-state index in [4.69, 9.17) is 9.84 Å². The van der Waals surface area contributed by atoms with Crippen molar-refractivity contribution in [2.75, 3.05) is 24.3 Å². The Morgan fingerprint density at radius 1 is 0.932 bits per heavy atom. The molecule has 10 heteroatoms. The van der Waals surface area contributed by atoms with Gasteiger partial charge in [0.1, 0.15) is 29.7 Å². The quantitative estimate of drug-likeness (QED) is 0.223. The Hall–Kier alpha value is -4.96. The summed E-state index contributed by atoms with van der Waals surface area (Å²) >= 11 is 1.43. The van der Waals surface area contributed by atoms with Crippen molar-refractivity contribution in [1.82, 2.24) is 15.1 Å². The molecular formula is C34H28F2N4O3S. The normalized spacial score (nSPS) is 14.6.